The van der Waals surface area contributed by atoms with Crippen molar-refractivity contribution in [2.45, 2.75) is 25.8 Å². The predicted octanol–water partition coefficient (Wildman–Crippen LogP) is -0.571. The van der Waals surface area contributed by atoms with Crippen molar-refractivity contribution in [2.24, 2.45) is 0 Å². The molecule has 0 bridgehead atoms. The molecule has 16 heavy (non-hydrogen) atoms. The highest BCUT2D eigenvalue weighted by atomic mass is 16.2. The van der Waals surface area contributed by atoms with Gasteiger partial charge in [-0.1, -0.05) is 0 Å². The van der Waals surface area contributed by atoms with Crippen molar-refractivity contribution in [3.05, 3.63) is 0 Å². The third kappa shape index (κ3) is 2.35. The lowest BCUT2D eigenvalue weighted by Gasteiger charge is -2.35. The van der Waals surface area contributed by atoms with Gasteiger partial charge in [0.15, 0.2) is 0 Å². The smallest absolute Gasteiger partial charge is 0.242 e. The second kappa shape index (κ2) is 4.82. The van der Waals surface area contributed by atoms with Crippen LogP contribution in [0.3, 0.4) is 0 Å². The molecule has 1 N–H and O–H groups in total. The third-order valence-corrected chi connectivity index (χ3v) is 3.32. The first-order valence-corrected chi connectivity index (χ1v) is 5.96. The molecule has 0 saturated carbocycles. The van der Waals surface area contributed by atoms with Gasteiger partial charge >= 0.3 is 0 Å². The summed E-state index contributed by atoms with van der Waals surface area (Å²) >= 11 is 0. The van der Waals surface area contributed by atoms with E-state index in [9.17, 15) is 9.59 Å². The van der Waals surface area contributed by atoms with Gasteiger partial charge in [0.2, 0.25) is 11.8 Å². The monoisotopic (exact) mass is 225 g/mol. The summed E-state index contributed by atoms with van der Waals surface area (Å²) in [6.07, 6.45) is 1.49. The van der Waals surface area contributed by atoms with Crippen LogP contribution in [0.15, 0.2) is 0 Å². The predicted molar refractivity (Wildman–Crippen MR) is 59.9 cm³/mol. The number of rotatable bonds is 2. The van der Waals surface area contributed by atoms with Crippen LogP contribution < -0.4 is 5.32 Å². The van der Waals surface area contributed by atoms with Gasteiger partial charge in [-0.05, 0) is 13.3 Å². The van der Waals surface area contributed by atoms with Gasteiger partial charge in [0.05, 0.1) is 6.54 Å². The van der Waals surface area contributed by atoms with E-state index in [0.29, 0.717) is 6.42 Å². The van der Waals surface area contributed by atoms with Gasteiger partial charge in [-0.3, -0.25) is 9.59 Å². The normalized spacial score (nSPS) is 26.3. The number of hydrogen-bond acceptors (Lipinski definition) is 3. The number of nitrogens with one attached hydrogen (secondary N) is 1. The van der Waals surface area contributed by atoms with Crippen LogP contribution in [0.2, 0.25) is 0 Å². The van der Waals surface area contributed by atoms with E-state index in [4.69, 9.17) is 0 Å². The van der Waals surface area contributed by atoms with Gasteiger partial charge in [-0.25, -0.2) is 0 Å². The average molecular weight is 225 g/mol. The molecular formula is C11H19N3O2. The zero-order valence-electron chi connectivity index (χ0n) is 9.74. The number of piperazine rings is 1. The molecule has 0 aliphatic carbocycles. The molecule has 2 saturated heterocycles. The zero-order chi connectivity index (χ0) is 11.5. The Morgan fingerprint density at radius 3 is 2.94 bits per heavy atom. The molecule has 0 aromatic heterocycles. The second-order valence-electron chi connectivity index (χ2n) is 4.56. The maximum Gasteiger partial charge on any atom is 0.242 e. The van der Waals surface area contributed by atoms with Crippen LogP contribution in [0.1, 0.15) is 19.8 Å². The summed E-state index contributed by atoms with van der Waals surface area (Å²) < 4.78 is 0. The van der Waals surface area contributed by atoms with E-state index in [2.05, 4.69) is 5.32 Å². The molecule has 5 nitrogen and oxygen atoms in total. The lowest BCUT2D eigenvalue weighted by molar-refractivity contribution is -0.140. The molecule has 90 valence electrons. The average Bonchev–Trinajstić information content (AvgIpc) is 2.65. The minimum absolute atomic E-state index is 0.0873. The lowest BCUT2D eigenvalue weighted by atomic mass is 10.2. The Balaban J connectivity index is 1.89. The Bertz CT molecular complexity index is 293. The quantitative estimate of drug-likeness (QED) is 0.684. The Labute approximate surface area is 95.8 Å². The van der Waals surface area contributed by atoms with E-state index >= 15 is 0 Å². The first-order chi connectivity index (χ1) is 7.68. The van der Waals surface area contributed by atoms with Crippen LogP contribution >= 0.6 is 0 Å². The number of likely N-dealkylation sites (tertiary alicyclic amines) is 1. The van der Waals surface area contributed by atoms with Crippen LogP contribution in [-0.4, -0.2) is 60.4 Å². The molecule has 1 atom stereocenters. The molecule has 2 fully saturated rings. The van der Waals surface area contributed by atoms with Gasteiger partial charge in [0.1, 0.15) is 0 Å². The molecule has 0 aromatic carbocycles. The molecule has 2 rings (SSSR count). The van der Waals surface area contributed by atoms with E-state index in [1.54, 1.807) is 4.90 Å². The van der Waals surface area contributed by atoms with Crippen molar-refractivity contribution in [1.82, 2.24) is 15.1 Å². The number of hydrogen-bond donors (Lipinski definition) is 1. The van der Waals surface area contributed by atoms with Crippen LogP contribution in [0.25, 0.3) is 0 Å². The van der Waals surface area contributed by atoms with E-state index in [1.165, 1.54) is 0 Å². The Morgan fingerprint density at radius 1 is 1.50 bits per heavy atom. The number of nitrogens with zero attached hydrogens (tertiary/aromatic N) is 2. The number of amides is 2. The van der Waals surface area contributed by atoms with Crippen molar-refractivity contribution >= 4 is 11.8 Å². The van der Waals surface area contributed by atoms with Crippen LogP contribution in [0.4, 0.5) is 0 Å². The Morgan fingerprint density at radius 2 is 2.31 bits per heavy atom. The van der Waals surface area contributed by atoms with Crippen molar-refractivity contribution in [3.8, 4) is 0 Å². The topological polar surface area (TPSA) is 52.7 Å². The minimum Gasteiger partial charge on any atom is -0.336 e. The van der Waals surface area contributed by atoms with Crippen LogP contribution in [0.5, 0.6) is 0 Å². The maximum absolute atomic E-state index is 12.0. The molecule has 2 aliphatic heterocycles. The Kier molecular flexibility index (Phi) is 3.43. The highest BCUT2D eigenvalue weighted by Gasteiger charge is 2.27. The molecule has 0 radical (unpaired) electrons. The lowest BCUT2D eigenvalue weighted by Crippen LogP contribution is -2.54. The van der Waals surface area contributed by atoms with Crippen LogP contribution in [-0.2, 0) is 9.59 Å². The maximum atomic E-state index is 12.0. The fourth-order valence-electron chi connectivity index (χ4n) is 2.34. The summed E-state index contributed by atoms with van der Waals surface area (Å²) in [6.45, 7) is 5.50. The summed E-state index contributed by atoms with van der Waals surface area (Å²) in [5, 5.41) is 3.25. The first kappa shape index (κ1) is 11.4. The van der Waals surface area contributed by atoms with Gasteiger partial charge in [-0.15, -0.1) is 0 Å². The summed E-state index contributed by atoms with van der Waals surface area (Å²) in [4.78, 5) is 27.0. The Hall–Kier alpha value is -1.10. The summed E-state index contributed by atoms with van der Waals surface area (Å²) in [5.41, 5.74) is 0. The van der Waals surface area contributed by atoms with Gasteiger partial charge in [0.25, 0.3) is 0 Å². The van der Waals surface area contributed by atoms with E-state index in [1.807, 2.05) is 11.8 Å². The number of carbonyl (C=O) groups is 2. The third-order valence-electron chi connectivity index (χ3n) is 3.32. The highest BCUT2D eigenvalue weighted by Crippen LogP contribution is 2.11. The molecule has 2 aliphatic rings. The van der Waals surface area contributed by atoms with Crippen LogP contribution in [0, 0.1) is 0 Å². The fraction of sp³-hybridized carbons (Fsp3) is 0.818. The standard InChI is InChI=1S/C11H19N3O2/c1-9-7-12-4-6-14(9)11(16)8-13-5-2-3-10(13)15/h9,12H,2-8H2,1H3/t9-/m0/s1. The molecule has 0 spiro atoms. The first-order valence-electron chi connectivity index (χ1n) is 5.96. The van der Waals surface area contributed by atoms with E-state index in [-0.39, 0.29) is 24.4 Å². The summed E-state index contributed by atoms with van der Waals surface area (Å²) in [5.74, 6) is 0.209. The highest BCUT2D eigenvalue weighted by molar-refractivity contribution is 5.86. The van der Waals surface area contributed by atoms with E-state index in [0.717, 1.165) is 32.6 Å². The second-order valence-corrected chi connectivity index (χ2v) is 4.56. The summed E-state index contributed by atoms with van der Waals surface area (Å²) in [6, 6.07) is 0.235. The van der Waals surface area contributed by atoms with Gasteiger partial charge in [-0.2, -0.15) is 0 Å². The van der Waals surface area contributed by atoms with Crippen molar-refractivity contribution in [1.29, 1.82) is 0 Å². The van der Waals surface area contributed by atoms with Crippen molar-refractivity contribution in [3.63, 3.8) is 0 Å². The molecule has 2 amide bonds. The summed E-state index contributed by atoms with van der Waals surface area (Å²) in [7, 11) is 0. The molecule has 0 aromatic rings. The van der Waals surface area contributed by atoms with Gasteiger partial charge < -0.3 is 15.1 Å². The van der Waals surface area contributed by atoms with Gasteiger partial charge in [0, 0.05) is 38.6 Å². The SMILES string of the molecule is C[C@H]1CNCCN1C(=O)CN1CCCC1=O. The van der Waals surface area contributed by atoms with Crippen molar-refractivity contribution in [2.75, 3.05) is 32.7 Å². The van der Waals surface area contributed by atoms with Crippen molar-refractivity contribution < 1.29 is 9.59 Å². The zero-order valence-corrected chi connectivity index (χ0v) is 9.74. The largest absolute Gasteiger partial charge is 0.336 e. The molecule has 0 unspecified atom stereocenters. The van der Waals surface area contributed by atoms with E-state index < -0.39 is 0 Å². The number of carbonyl (C=O) groups excluding carboxylic acids is 2. The fourth-order valence-corrected chi connectivity index (χ4v) is 2.34. The molecule has 5 heteroatoms. The minimum atomic E-state index is 0.0873. The molecule has 2 heterocycles. The molecular weight excluding hydrogens is 206 g/mol.